The van der Waals surface area contributed by atoms with Gasteiger partial charge in [-0.1, -0.05) is 0 Å². The average Bonchev–Trinajstić information content (AvgIpc) is 2.37. The molecule has 0 saturated heterocycles. The fourth-order valence-corrected chi connectivity index (χ4v) is 1.61. The summed E-state index contributed by atoms with van der Waals surface area (Å²) in [5.41, 5.74) is 2.64. The van der Waals surface area contributed by atoms with Crippen LogP contribution in [0.3, 0.4) is 0 Å². The number of imidazole rings is 1. The van der Waals surface area contributed by atoms with E-state index in [9.17, 15) is 0 Å². The van der Waals surface area contributed by atoms with Crippen molar-refractivity contribution in [2.45, 2.75) is 20.0 Å². The van der Waals surface area contributed by atoms with E-state index in [1.54, 1.807) is 0 Å². The molecule has 0 aliphatic carbocycles. The molecule has 1 aliphatic heterocycles. The third-order valence-corrected chi connectivity index (χ3v) is 2.36. The summed E-state index contributed by atoms with van der Waals surface area (Å²) in [5, 5.41) is 0. The summed E-state index contributed by atoms with van der Waals surface area (Å²) in [6.45, 7) is 4.11. The Morgan fingerprint density at radius 1 is 1.27 bits per heavy atom. The van der Waals surface area contributed by atoms with E-state index in [4.69, 9.17) is 0 Å². The molecule has 0 radical (unpaired) electrons. The molecule has 0 N–H and O–H groups in total. The van der Waals surface area contributed by atoms with Gasteiger partial charge in [0, 0.05) is 20.1 Å². The summed E-state index contributed by atoms with van der Waals surface area (Å²) in [6.07, 6.45) is 0. The maximum absolute atomic E-state index is 4.46. The van der Waals surface area contributed by atoms with Crippen LogP contribution in [-0.4, -0.2) is 21.5 Å². The second-order valence-electron chi connectivity index (χ2n) is 3.28. The van der Waals surface area contributed by atoms with Gasteiger partial charge in [-0.3, -0.25) is 4.90 Å². The Balaban J connectivity index is 2.48. The summed E-state index contributed by atoms with van der Waals surface area (Å²) >= 11 is 0. The molecule has 11 heavy (non-hydrogen) atoms. The molecule has 1 aromatic heterocycles. The Morgan fingerprint density at radius 2 is 2.00 bits per heavy atom. The van der Waals surface area contributed by atoms with Crippen molar-refractivity contribution in [3.63, 3.8) is 0 Å². The van der Waals surface area contributed by atoms with Crippen molar-refractivity contribution in [2.75, 3.05) is 7.05 Å². The van der Waals surface area contributed by atoms with Crippen molar-refractivity contribution in [3.05, 3.63) is 17.2 Å². The molecule has 1 aromatic rings. The maximum atomic E-state index is 4.46. The van der Waals surface area contributed by atoms with Gasteiger partial charge < -0.3 is 4.57 Å². The third-order valence-electron chi connectivity index (χ3n) is 2.36. The highest BCUT2D eigenvalue weighted by Crippen LogP contribution is 2.20. The van der Waals surface area contributed by atoms with Gasteiger partial charge in [-0.2, -0.15) is 0 Å². The summed E-state index contributed by atoms with van der Waals surface area (Å²) in [4.78, 5) is 6.74. The Bertz CT molecular complexity index is 288. The number of aromatic nitrogens is 2. The van der Waals surface area contributed by atoms with E-state index in [0.717, 1.165) is 18.9 Å². The van der Waals surface area contributed by atoms with Gasteiger partial charge in [0.25, 0.3) is 0 Å². The number of aryl methyl sites for hydroxylation is 1. The molecular weight excluding hydrogens is 138 g/mol. The molecule has 1 aliphatic rings. The van der Waals surface area contributed by atoms with E-state index in [2.05, 4.69) is 35.5 Å². The number of rotatable bonds is 0. The van der Waals surface area contributed by atoms with Gasteiger partial charge in [0.05, 0.1) is 11.4 Å². The number of nitrogens with zero attached hydrogens (tertiary/aromatic N) is 3. The molecule has 0 fully saturated rings. The van der Waals surface area contributed by atoms with Gasteiger partial charge in [0.2, 0.25) is 0 Å². The molecule has 2 rings (SSSR count). The molecule has 0 bridgehead atoms. The summed E-state index contributed by atoms with van der Waals surface area (Å²) < 4.78 is 2.18. The first kappa shape index (κ1) is 6.85. The predicted molar refractivity (Wildman–Crippen MR) is 43.1 cm³/mol. The van der Waals surface area contributed by atoms with Crippen LogP contribution in [0.25, 0.3) is 0 Å². The molecule has 0 saturated carbocycles. The normalized spacial score (nSPS) is 17.4. The zero-order valence-electron chi connectivity index (χ0n) is 7.26. The van der Waals surface area contributed by atoms with Crippen LogP contribution in [0.1, 0.15) is 17.2 Å². The van der Waals surface area contributed by atoms with Crippen LogP contribution in [0.2, 0.25) is 0 Å². The minimum absolute atomic E-state index is 1.01. The van der Waals surface area contributed by atoms with E-state index in [-0.39, 0.29) is 0 Å². The van der Waals surface area contributed by atoms with Crippen molar-refractivity contribution in [1.82, 2.24) is 14.5 Å². The molecule has 0 unspecified atom stereocenters. The Labute approximate surface area is 66.6 Å². The molecule has 0 amide bonds. The second kappa shape index (κ2) is 2.08. The highest BCUT2D eigenvalue weighted by Gasteiger charge is 2.21. The minimum atomic E-state index is 1.01. The van der Waals surface area contributed by atoms with Gasteiger partial charge in [0.1, 0.15) is 5.82 Å². The quantitative estimate of drug-likeness (QED) is 0.543. The number of hydrogen-bond acceptors (Lipinski definition) is 2. The SMILES string of the molecule is Cc1nc2c(n1C)CN(C)C2. The first-order valence-corrected chi connectivity index (χ1v) is 3.88. The Morgan fingerprint density at radius 3 is 2.64 bits per heavy atom. The Kier molecular flexibility index (Phi) is 1.29. The lowest BCUT2D eigenvalue weighted by molar-refractivity contribution is 0.343. The standard InChI is InChI=1S/C8H13N3/c1-6-9-7-4-10(2)5-8(7)11(6)3/h4-5H2,1-3H3. The largest absolute Gasteiger partial charge is 0.334 e. The monoisotopic (exact) mass is 151 g/mol. The zero-order valence-corrected chi connectivity index (χ0v) is 7.26. The maximum Gasteiger partial charge on any atom is 0.105 e. The highest BCUT2D eigenvalue weighted by atomic mass is 15.2. The average molecular weight is 151 g/mol. The van der Waals surface area contributed by atoms with Gasteiger partial charge in [-0.15, -0.1) is 0 Å². The van der Waals surface area contributed by atoms with Gasteiger partial charge in [0.15, 0.2) is 0 Å². The van der Waals surface area contributed by atoms with Crippen LogP contribution in [0.15, 0.2) is 0 Å². The van der Waals surface area contributed by atoms with Gasteiger partial charge in [-0.25, -0.2) is 4.98 Å². The van der Waals surface area contributed by atoms with E-state index in [1.165, 1.54) is 11.4 Å². The molecule has 3 nitrogen and oxygen atoms in total. The topological polar surface area (TPSA) is 21.1 Å². The minimum Gasteiger partial charge on any atom is -0.334 e. The lowest BCUT2D eigenvalue weighted by Crippen LogP contribution is -2.11. The van der Waals surface area contributed by atoms with E-state index < -0.39 is 0 Å². The van der Waals surface area contributed by atoms with Crippen molar-refractivity contribution >= 4 is 0 Å². The lowest BCUT2D eigenvalue weighted by atomic mass is 10.4. The second-order valence-corrected chi connectivity index (χ2v) is 3.28. The van der Waals surface area contributed by atoms with E-state index in [0.29, 0.717) is 0 Å². The molecule has 60 valence electrons. The number of fused-ring (bicyclic) bond motifs is 1. The van der Waals surface area contributed by atoms with Crippen LogP contribution < -0.4 is 0 Å². The predicted octanol–water partition coefficient (Wildman–Crippen LogP) is 0.674. The van der Waals surface area contributed by atoms with Gasteiger partial charge >= 0.3 is 0 Å². The first-order valence-electron chi connectivity index (χ1n) is 3.88. The fraction of sp³-hybridized carbons (Fsp3) is 0.625. The van der Waals surface area contributed by atoms with Gasteiger partial charge in [-0.05, 0) is 14.0 Å². The summed E-state index contributed by atoms with van der Waals surface area (Å²) in [6, 6.07) is 0. The smallest absolute Gasteiger partial charge is 0.105 e. The molecule has 0 spiro atoms. The zero-order chi connectivity index (χ0) is 8.01. The van der Waals surface area contributed by atoms with Crippen molar-refractivity contribution in [3.8, 4) is 0 Å². The first-order chi connectivity index (χ1) is 5.18. The molecule has 0 aromatic carbocycles. The molecule has 3 heteroatoms. The molecule has 2 heterocycles. The van der Waals surface area contributed by atoms with Crippen LogP contribution in [0, 0.1) is 6.92 Å². The molecule has 0 atom stereocenters. The third kappa shape index (κ3) is 0.878. The van der Waals surface area contributed by atoms with E-state index >= 15 is 0 Å². The van der Waals surface area contributed by atoms with Crippen molar-refractivity contribution in [1.29, 1.82) is 0 Å². The van der Waals surface area contributed by atoms with Crippen molar-refractivity contribution in [2.24, 2.45) is 7.05 Å². The highest BCUT2D eigenvalue weighted by molar-refractivity contribution is 5.20. The molecular formula is C8H13N3. The fourth-order valence-electron chi connectivity index (χ4n) is 1.61. The van der Waals surface area contributed by atoms with E-state index in [1.807, 2.05) is 0 Å². The van der Waals surface area contributed by atoms with Crippen LogP contribution in [-0.2, 0) is 20.1 Å². The van der Waals surface area contributed by atoms with Crippen molar-refractivity contribution < 1.29 is 0 Å². The Hall–Kier alpha value is -0.830. The summed E-state index contributed by atoms with van der Waals surface area (Å²) in [7, 11) is 4.21. The van der Waals surface area contributed by atoms with Crippen LogP contribution in [0.4, 0.5) is 0 Å². The van der Waals surface area contributed by atoms with Crippen LogP contribution in [0.5, 0.6) is 0 Å². The van der Waals surface area contributed by atoms with Crippen LogP contribution >= 0.6 is 0 Å². The summed E-state index contributed by atoms with van der Waals surface area (Å²) in [5.74, 6) is 1.13. The lowest BCUT2D eigenvalue weighted by Gasteiger charge is -2.06. The number of hydrogen-bond donors (Lipinski definition) is 0.